The van der Waals surface area contributed by atoms with E-state index in [1.807, 2.05) is 17.9 Å². The van der Waals surface area contributed by atoms with E-state index in [2.05, 4.69) is 65.1 Å². The van der Waals surface area contributed by atoms with Crippen LogP contribution in [0.15, 0.2) is 89.8 Å². The van der Waals surface area contributed by atoms with Gasteiger partial charge in [0.15, 0.2) is 0 Å². The molecule has 0 aliphatic heterocycles. The average Bonchev–Trinajstić information content (AvgIpc) is 3.15. The van der Waals surface area contributed by atoms with Gasteiger partial charge in [-0.15, -0.1) is 5.92 Å². The van der Waals surface area contributed by atoms with E-state index in [0.717, 1.165) is 65.8 Å². The molecule has 1 aromatic carbocycles. The van der Waals surface area contributed by atoms with E-state index in [1.165, 1.54) is 19.6 Å². The zero-order chi connectivity index (χ0) is 28.7. The van der Waals surface area contributed by atoms with E-state index < -0.39 is 0 Å². The number of benzene rings is 1. The summed E-state index contributed by atoms with van der Waals surface area (Å²) < 4.78 is 4.67. The topological polar surface area (TPSA) is 72.6 Å². The number of nitrogens with zero attached hydrogens (tertiary/aromatic N) is 1. The highest BCUT2D eigenvalue weighted by atomic mass is 16.5. The standard InChI is InChI=1S/C35H42N2O3/c1-4-5-8-17-32(18-11-7-12-20-34(38)40-3)37(35(39)30-14-9-6-10-15-30)26-28-21-23-29(24-22-28)31-16-13-19-33(36)27(2)25-31/h8,12-13,16-18,20-25,30H,6-7,9-11,14-15,19,26,36H2,1-3H3/b17-8-,20-12?,32-18+. The minimum absolute atomic E-state index is 0.0304. The first-order chi connectivity index (χ1) is 19.4. The molecule has 40 heavy (non-hydrogen) atoms. The molecule has 2 N–H and O–H groups in total. The van der Waals surface area contributed by atoms with Crippen LogP contribution in [-0.2, 0) is 20.9 Å². The van der Waals surface area contributed by atoms with Gasteiger partial charge in [-0.05, 0) is 80.0 Å². The maximum atomic E-state index is 13.9. The molecule has 1 amide bonds. The molecule has 1 saturated carbocycles. The van der Waals surface area contributed by atoms with Crippen LogP contribution in [0.3, 0.4) is 0 Å². The summed E-state index contributed by atoms with van der Waals surface area (Å²) in [5, 5.41) is 0. The van der Waals surface area contributed by atoms with Crippen LogP contribution in [-0.4, -0.2) is 23.9 Å². The van der Waals surface area contributed by atoms with Crippen molar-refractivity contribution in [2.24, 2.45) is 11.7 Å². The Morgan fingerprint density at radius 1 is 1.10 bits per heavy atom. The van der Waals surface area contributed by atoms with Gasteiger partial charge < -0.3 is 15.4 Å². The largest absolute Gasteiger partial charge is 0.466 e. The maximum Gasteiger partial charge on any atom is 0.330 e. The second kappa shape index (κ2) is 16.2. The van der Waals surface area contributed by atoms with Crippen molar-refractivity contribution in [2.75, 3.05) is 7.11 Å². The molecule has 1 aromatic rings. The van der Waals surface area contributed by atoms with Crippen LogP contribution in [0, 0.1) is 17.8 Å². The number of hydrogen-bond donors (Lipinski definition) is 1. The third kappa shape index (κ3) is 9.31. The lowest BCUT2D eigenvalue weighted by molar-refractivity contribution is -0.135. The molecule has 0 unspecified atom stereocenters. The van der Waals surface area contributed by atoms with Crippen molar-refractivity contribution in [1.82, 2.24) is 4.90 Å². The van der Waals surface area contributed by atoms with Crippen molar-refractivity contribution in [2.45, 2.75) is 71.8 Å². The predicted molar refractivity (Wildman–Crippen MR) is 163 cm³/mol. The summed E-state index contributed by atoms with van der Waals surface area (Å²) in [5.74, 6) is 5.71. The van der Waals surface area contributed by atoms with Crippen molar-refractivity contribution in [1.29, 1.82) is 0 Å². The van der Waals surface area contributed by atoms with E-state index in [1.54, 1.807) is 19.1 Å². The Hall–Kier alpha value is -4.04. The third-order valence-electron chi connectivity index (χ3n) is 7.30. The number of methoxy groups -OCH3 is 1. The van der Waals surface area contributed by atoms with Gasteiger partial charge in [-0.1, -0.05) is 73.8 Å². The first-order valence-corrected chi connectivity index (χ1v) is 14.2. The first-order valence-electron chi connectivity index (χ1n) is 14.2. The van der Waals surface area contributed by atoms with Crippen molar-refractivity contribution in [3.8, 4) is 11.8 Å². The minimum atomic E-state index is -0.371. The van der Waals surface area contributed by atoms with Crippen LogP contribution < -0.4 is 5.73 Å². The molecule has 210 valence electrons. The summed E-state index contributed by atoms with van der Waals surface area (Å²) in [6, 6.07) is 8.43. The van der Waals surface area contributed by atoms with E-state index in [0.29, 0.717) is 19.4 Å². The Morgan fingerprint density at radius 3 is 2.55 bits per heavy atom. The van der Waals surface area contributed by atoms with Crippen molar-refractivity contribution in [3.63, 3.8) is 0 Å². The minimum Gasteiger partial charge on any atom is -0.466 e. The Balaban J connectivity index is 1.89. The fourth-order valence-electron chi connectivity index (χ4n) is 4.93. The number of hydrogen-bond acceptors (Lipinski definition) is 4. The van der Waals surface area contributed by atoms with Gasteiger partial charge in [0.05, 0.1) is 13.7 Å². The van der Waals surface area contributed by atoms with Crippen LogP contribution in [0.2, 0.25) is 0 Å². The Kier molecular flexibility index (Phi) is 12.3. The normalized spacial score (nSPS) is 16.5. The van der Waals surface area contributed by atoms with Crippen LogP contribution >= 0.6 is 0 Å². The predicted octanol–water partition coefficient (Wildman–Crippen LogP) is 7.14. The van der Waals surface area contributed by atoms with E-state index in [9.17, 15) is 9.59 Å². The molecule has 3 rings (SSSR count). The molecule has 1 fully saturated rings. The molecule has 0 radical (unpaired) electrons. The SMILES string of the molecule is CC#C/C=C\C(=C/CCC=CC(=O)OC)N(Cc1ccc(C2=CC(C)=C(N)CC=C2)cc1)C(=O)C1CCCCC1. The molecule has 0 atom stereocenters. The number of carbonyl (C=O) groups is 2. The Labute approximate surface area is 239 Å². The molecule has 0 spiro atoms. The van der Waals surface area contributed by atoms with Crippen LogP contribution in [0.5, 0.6) is 0 Å². The molecule has 0 bridgehead atoms. The number of rotatable bonds is 10. The van der Waals surface area contributed by atoms with Gasteiger partial charge in [0.2, 0.25) is 5.91 Å². The Bertz CT molecular complexity index is 1270. The zero-order valence-corrected chi connectivity index (χ0v) is 24.1. The molecule has 5 nitrogen and oxygen atoms in total. The second-order valence-electron chi connectivity index (χ2n) is 10.2. The number of esters is 1. The summed E-state index contributed by atoms with van der Waals surface area (Å²) >= 11 is 0. The molecule has 0 saturated heterocycles. The van der Waals surface area contributed by atoms with Gasteiger partial charge in [-0.3, -0.25) is 4.79 Å². The van der Waals surface area contributed by atoms with E-state index in [4.69, 9.17) is 5.73 Å². The van der Waals surface area contributed by atoms with Gasteiger partial charge >= 0.3 is 5.97 Å². The number of ether oxygens (including phenoxy) is 1. The molecule has 0 aromatic heterocycles. The molecule has 2 aliphatic rings. The lowest BCUT2D eigenvalue weighted by atomic mass is 9.88. The van der Waals surface area contributed by atoms with Gasteiger partial charge in [-0.2, -0.15) is 0 Å². The van der Waals surface area contributed by atoms with E-state index in [-0.39, 0.29) is 17.8 Å². The van der Waals surface area contributed by atoms with Crippen LogP contribution in [0.4, 0.5) is 0 Å². The van der Waals surface area contributed by atoms with Crippen LogP contribution in [0.25, 0.3) is 5.57 Å². The monoisotopic (exact) mass is 538 g/mol. The number of carbonyl (C=O) groups excluding carboxylic acids is 2. The van der Waals surface area contributed by atoms with Crippen molar-refractivity contribution >= 4 is 17.4 Å². The number of unbranched alkanes of at least 4 members (excludes halogenated alkanes) is 1. The molecular formula is C35H42N2O3. The summed E-state index contributed by atoms with van der Waals surface area (Å²) in [6.07, 6.45) is 22.7. The highest BCUT2D eigenvalue weighted by molar-refractivity contribution is 5.82. The number of amides is 1. The van der Waals surface area contributed by atoms with Crippen LogP contribution in [0.1, 0.15) is 76.3 Å². The number of allylic oxidation sites excluding steroid dienone is 9. The van der Waals surface area contributed by atoms with Gasteiger partial charge in [0.1, 0.15) is 0 Å². The molecule has 5 heteroatoms. The van der Waals surface area contributed by atoms with Gasteiger partial charge in [0.25, 0.3) is 0 Å². The third-order valence-corrected chi connectivity index (χ3v) is 7.30. The highest BCUT2D eigenvalue weighted by Gasteiger charge is 2.27. The molecular weight excluding hydrogens is 496 g/mol. The van der Waals surface area contributed by atoms with Crippen molar-refractivity contribution in [3.05, 3.63) is 101 Å². The van der Waals surface area contributed by atoms with Crippen molar-refractivity contribution < 1.29 is 14.3 Å². The maximum absolute atomic E-state index is 13.9. The lowest BCUT2D eigenvalue weighted by Crippen LogP contribution is -2.35. The fraction of sp³-hybridized carbons (Fsp3) is 0.371. The summed E-state index contributed by atoms with van der Waals surface area (Å²) in [6.45, 7) is 4.31. The van der Waals surface area contributed by atoms with Gasteiger partial charge in [-0.25, -0.2) is 4.79 Å². The summed E-state index contributed by atoms with van der Waals surface area (Å²) in [7, 11) is 1.36. The summed E-state index contributed by atoms with van der Waals surface area (Å²) in [4.78, 5) is 27.2. The van der Waals surface area contributed by atoms with E-state index >= 15 is 0 Å². The average molecular weight is 539 g/mol. The van der Waals surface area contributed by atoms with Gasteiger partial charge in [0, 0.05) is 29.8 Å². The Morgan fingerprint density at radius 2 is 1.85 bits per heavy atom. The zero-order valence-electron chi connectivity index (χ0n) is 24.1. The fourth-order valence-corrected chi connectivity index (χ4v) is 4.93. The summed E-state index contributed by atoms with van der Waals surface area (Å²) in [5.41, 5.74) is 12.2. The second-order valence-corrected chi connectivity index (χ2v) is 10.2. The first kappa shape index (κ1) is 30.5. The molecule has 2 aliphatic carbocycles. The smallest absolute Gasteiger partial charge is 0.330 e. The lowest BCUT2D eigenvalue weighted by Gasteiger charge is -2.30. The highest BCUT2D eigenvalue weighted by Crippen LogP contribution is 2.29. The number of nitrogens with two attached hydrogens (primary N) is 1. The quantitative estimate of drug-likeness (QED) is 0.113. The molecule has 0 heterocycles.